The maximum absolute atomic E-state index is 6.45. The number of hydrogen-bond donors (Lipinski definition) is 0. The van der Waals surface area contributed by atoms with E-state index in [4.69, 9.17) is 4.74 Å². The molecule has 0 N–H and O–H groups in total. The molecule has 0 bridgehead atoms. The van der Waals surface area contributed by atoms with E-state index in [-0.39, 0.29) is 17.9 Å². The van der Waals surface area contributed by atoms with Crippen molar-refractivity contribution >= 4 is 5.69 Å². The molecular formula is C24H28N2O. The molecular weight excluding hydrogens is 332 g/mol. The number of likely N-dealkylation sites (N-methyl/N-ethyl adjacent to an activating group) is 1. The molecule has 27 heavy (non-hydrogen) atoms. The van der Waals surface area contributed by atoms with Crippen molar-refractivity contribution in [2.75, 3.05) is 33.1 Å². The van der Waals surface area contributed by atoms with Crippen molar-refractivity contribution in [3.05, 3.63) is 83.1 Å². The van der Waals surface area contributed by atoms with Gasteiger partial charge in [0.25, 0.3) is 0 Å². The van der Waals surface area contributed by atoms with Gasteiger partial charge < -0.3 is 9.64 Å². The Morgan fingerprint density at radius 3 is 2.44 bits per heavy atom. The summed E-state index contributed by atoms with van der Waals surface area (Å²) in [5, 5.41) is 0. The van der Waals surface area contributed by atoms with Gasteiger partial charge in [0.2, 0.25) is 0 Å². The zero-order chi connectivity index (χ0) is 19.1. The van der Waals surface area contributed by atoms with Crippen LogP contribution in [0.2, 0.25) is 0 Å². The number of anilines is 1. The van der Waals surface area contributed by atoms with Crippen molar-refractivity contribution in [3.8, 4) is 5.75 Å². The first-order valence-electron chi connectivity index (χ1n) is 9.56. The summed E-state index contributed by atoms with van der Waals surface area (Å²) in [6, 6.07) is 15.7. The largest absolute Gasteiger partial charge is 0.461 e. The molecule has 140 valence electrons. The molecule has 2 aromatic rings. The van der Waals surface area contributed by atoms with Gasteiger partial charge >= 0.3 is 0 Å². The Labute approximate surface area is 162 Å². The van der Waals surface area contributed by atoms with Gasteiger partial charge in [-0.05, 0) is 38.7 Å². The molecule has 2 aliphatic rings. The molecule has 0 spiro atoms. The van der Waals surface area contributed by atoms with E-state index in [0.29, 0.717) is 0 Å². The first-order valence-corrected chi connectivity index (χ1v) is 9.56. The van der Waals surface area contributed by atoms with Gasteiger partial charge in [0.1, 0.15) is 11.5 Å². The number of aryl methyl sites for hydroxylation is 1. The second kappa shape index (κ2) is 6.90. The smallest absolute Gasteiger partial charge is 0.132 e. The maximum Gasteiger partial charge on any atom is 0.132 e. The monoisotopic (exact) mass is 360 g/mol. The topological polar surface area (TPSA) is 15.7 Å². The molecule has 1 heterocycles. The maximum atomic E-state index is 6.45. The number of allylic oxidation sites excluding steroid dienone is 1. The molecule has 0 fully saturated rings. The quantitative estimate of drug-likeness (QED) is 0.745. The third-order valence-corrected chi connectivity index (χ3v) is 5.61. The molecule has 1 aliphatic heterocycles. The summed E-state index contributed by atoms with van der Waals surface area (Å²) in [5.41, 5.74) is 5.07. The van der Waals surface area contributed by atoms with E-state index in [0.717, 1.165) is 17.2 Å². The fourth-order valence-electron chi connectivity index (χ4n) is 4.08. The van der Waals surface area contributed by atoms with E-state index >= 15 is 0 Å². The van der Waals surface area contributed by atoms with E-state index in [1.54, 1.807) is 0 Å². The van der Waals surface area contributed by atoms with Crippen LogP contribution in [0.3, 0.4) is 0 Å². The number of nitrogens with zero attached hydrogens (tertiary/aromatic N) is 2. The second-order valence-corrected chi connectivity index (χ2v) is 8.04. The minimum Gasteiger partial charge on any atom is -0.461 e. The summed E-state index contributed by atoms with van der Waals surface area (Å²) in [6.07, 6.45) is 6.88. The van der Waals surface area contributed by atoms with E-state index in [1.807, 2.05) is 0 Å². The summed E-state index contributed by atoms with van der Waals surface area (Å²) in [5.74, 6) is 2.55. The van der Waals surface area contributed by atoms with E-state index in [9.17, 15) is 0 Å². The van der Waals surface area contributed by atoms with Gasteiger partial charge in [0, 0.05) is 49.3 Å². The van der Waals surface area contributed by atoms with Gasteiger partial charge in [0.05, 0.1) is 0 Å². The van der Waals surface area contributed by atoms with Gasteiger partial charge in [0.15, 0.2) is 0 Å². The Morgan fingerprint density at radius 2 is 1.74 bits per heavy atom. The average molecular weight is 361 g/mol. The Morgan fingerprint density at radius 1 is 0.926 bits per heavy atom. The average Bonchev–Trinajstić information content (AvgIpc) is 2.64. The first kappa shape index (κ1) is 17.9. The summed E-state index contributed by atoms with van der Waals surface area (Å²) in [6.45, 7) is 2.16. The zero-order valence-corrected chi connectivity index (χ0v) is 16.8. The lowest BCUT2D eigenvalue weighted by Gasteiger charge is -2.38. The summed E-state index contributed by atoms with van der Waals surface area (Å²) in [4.78, 5) is 4.33. The Bertz CT molecular complexity index is 910. The van der Waals surface area contributed by atoms with Gasteiger partial charge in [-0.2, -0.15) is 0 Å². The van der Waals surface area contributed by atoms with Crippen LogP contribution in [0.25, 0.3) is 0 Å². The predicted octanol–water partition coefficient (Wildman–Crippen LogP) is 4.59. The number of hydrogen-bond acceptors (Lipinski definition) is 3. The lowest BCUT2D eigenvalue weighted by Crippen LogP contribution is -2.32. The standard InChI is InChI=1S/C24H28N2O/c1-16-7-6-8-17(13-16)24-20-11-9-18(25(2)3)14-22(20)27-23-15-19(26(4)5)10-12-21(23)24/h6-15,18,20,24H,1-5H3. The summed E-state index contributed by atoms with van der Waals surface area (Å²) < 4.78 is 6.45. The highest BCUT2D eigenvalue weighted by Crippen LogP contribution is 2.48. The van der Waals surface area contributed by atoms with Crippen LogP contribution in [-0.2, 0) is 0 Å². The van der Waals surface area contributed by atoms with Crippen LogP contribution < -0.4 is 9.64 Å². The molecule has 3 heteroatoms. The van der Waals surface area contributed by atoms with E-state index in [1.165, 1.54) is 16.7 Å². The van der Waals surface area contributed by atoms with E-state index in [2.05, 4.69) is 106 Å². The SMILES string of the molecule is Cc1cccc(C2c3ccc(N(C)C)cc3OC3=CC(N(C)C)C=CC32)c1. The van der Waals surface area contributed by atoms with Crippen LogP contribution in [0.15, 0.2) is 66.5 Å². The molecule has 0 radical (unpaired) electrons. The summed E-state index contributed by atoms with van der Waals surface area (Å²) in [7, 11) is 8.34. The van der Waals surface area contributed by atoms with Crippen LogP contribution >= 0.6 is 0 Å². The van der Waals surface area contributed by atoms with Gasteiger partial charge in [-0.1, -0.05) is 48.0 Å². The molecule has 0 amide bonds. The lowest BCUT2D eigenvalue weighted by molar-refractivity contribution is 0.300. The Kier molecular flexibility index (Phi) is 4.56. The minimum atomic E-state index is 0.237. The van der Waals surface area contributed by atoms with Gasteiger partial charge in [-0.3, -0.25) is 4.90 Å². The molecule has 2 aromatic carbocycles. The zero-order valence-electron chi connectivity index (χ0n) is 16.8. The molecule has 0 saturated heterocycles. The second-order valence-electron chi connectivity index (χ2n) is 8.04. The van der Waals surface area contributed by atoms with Crippen LogP contribution in [-0.4, -0.2) is 39.1 Å². The minimum absolute atomic E-state index is 0.237. The summed E-state index contributed by atoms with van der Waals surface area (Å²) >= 11 is 0. The molecule has 4 rings (SSSR count). The van der Waals surface area contributed by atoms with Gasteiger partial charge in [-0.15, -0.1) is 0 Å². The highest BCUT2D eigenvalue weighted by Gasteiger charge is 2.36. The Balaban J connectivity index is 1.86. The fraction of sp³-hybridized carbons (Fsp3) is 0.333. The first-order chi connectivity index (χ1) is 12.9. The number of rotatable bonds is 3. The molecule has 1 aliphatic carbocycles. The lowest BCUT2D eigenvalue weighted by atomic mass is 9.75. The molecule has 0 aromatic heterocycles. The van der Waals surface area contributed by atoms with Crippen molar-refractivity contribution < 1.29 is 4.74 Å². The molecule has 3 unspecified atom stereocenters. The van der Waals surface area contributed by atoms with Crippen LogP contribution in [0.1, 0.15) is 22.6 Å². The van der Waals surface area contributed by atoms with Crippen molar-refractivity contribution in [2.45, 2.75) is 18.9 Å². The van der Waals surface area contributed by atoms with Crippen LogP contribution in [0.5, 0.6) is 5.75 Å². The van der Waals surface area contributed by atoms with Crippen molar-refractivity contribution in [1.82, 2.24) is 4.90 Å². The van der Waals surface area contributed by atoms with E-state index < -0.39 is 0 Å². The third-order valence-electron chi connectivity index (χ3n) is 5.61. The molecule has 3 atom stereocenters. The van der Waals surface area contributed by atoms with Crippen LogP contribution in [0.4, 0.5) is 5.69 Å². The Hall–Kier alpha value is -2.52. The highest BCUT2D eigenvalue weighted by atomic mass is 16.5. The van der Waals surface area contributed by atoms with Crippen molar-refractivity contribution in [1.29, 1.82) is 0 Å². The van der Waals surface area contributed by atoms with Crippen molar-refractivity contribution in [2.24, 2.45) is 5.92 Å². The molecule has 3 nitrogen and oxygen atoms in total. The number of fused-ring (bicyclic) bond motifs is 2. The third kappa shape index (κ3) is 3.28. The number of ether oxygens (including phenoxy) is 1. The van der Waals surface area contributed by atoms with Crippen LogP contribution in [0, 0.1) is 12.8 Å². The van der Waals surface area contributed by atoms with Gasteiger partial charge in [-0.25, -0.2) is 0 Å². The molecule has 0 saturated carbocycles. The van der Waals surface area contributed by atoms with Crippen molar-refractivity contribution in [3.63, 3.8) is 0 Å². The fourth-order valence-corrected chi connectivity index (χ4v) is 4.08. The predicted molar refractivity (Wildman–Crippen MR) is 113 cm³/mol. The number of benzene rings is 2. The highest BCUT2D eigenvalue weighted by molar-refractivity contribution is 5.58. The normalized spacial score (nSPS) is 23.3.